The quantitative estimate of drug-likeness (QED) is 0.689. The predicted octanol–water partition coefficient (Wildman–Crippen LogP) is 2.15. The molecule has 0 aromatic carbocycles. The zero-order chi connectivity index (χ0) is 13.6. The Morgan fingerprint density at radius 3 is 1.94 bits per heavy atom. The Morgan fingerprint density at radius 2 is 1.56 bits per heavy atom. The van der Waals surface area contributed by atoms with Crippen LogP contribution in [-0.4, -0.2) is 46.8 Å². The Hall–Kier alpha value is -0.320. The zero-order valence-corrected chi connectivity index (χ0v) is 12.3. The number of alkyl halides is 1. The summed E-state index contributed by atoms with van der Waals surface area (Å²) in [5, 5.41) is 0. The number of carbonyl (C=O) groups is 1. The zero-order valence-electron chi connectivity index (χ0n) is 11.6. The molecule has 0 aliphatic carbocycles. The molecule has 0 aromatic heterocycles. The van der Waals surface area contributed by atoms with Gasteiger partial charge in [-0.05, 0) is 27.7 Å². The van der Waals surface area contributed by atoms with Crippen LogP contribution in [0.15, 0.2) is 0 Å². The van der Waals surface area contributed by atoms with E-state index in [9.17, 15) is 4.79 Å². The lowest BCUT2D eigenvalue weighted by molar-refractivity contribution is -0.236. The summed E-state index contributed by atoms with van der Waals surface area (Å²) in [7, 11) is 0. The summed E-state index contributed by atoms with van der Waals surface area (Å²) in [6.07, 6.45) is 1.37. The molecule has 2 aliphatic heterocycles. The number of likely N-dealkylation sites (tertiary alicyclic amines) is 1. The van der Waals surface area contributed by atoms with Gasteiger partial charge in [0.25, 0.3) is 0 Å². The highest BCUT2D eigenvalue weighted by molar-refractivity contribution is 6.27. The van der Waals surface area contributed by atoms with Crippen LogP contribution in [0.3, 0.4) is 0 Å². The standard InChI is InChI=1S/C13H22ClNO3/c1-11(2)8-13(17-5-6-18-13)9-12(3,4)15(11)10(16)7-14/h5-9H2,1-4H3. The third-order valence-electron chi connectivity index (χ3n) is 3.79. The number of ether oxygens (including phenoxy) is 2. The van der Waals surface area contributed by atoms with Gasteiger partial charge in [0.2, 0.25) is 5.91 Å². The molecule has 104 valence electrons. The molecule has 0 atom stereocenters. The molecule has 1 amide bonds. The maximum atomic E-state index is 12.1. The first-order valence-electron chi connectivity index (χ1n) is 6.40. The van der Waals surface area contributed by atoms with Crippen LogP contribution in [0.25, 0.3) is 0 Å². The maximum absolute atomic E-state index is 12.1. The smallest absolute Gasteiger partial charge is 0.238 e. The van der Waals surface area contributed by atoms with E-state index in [1.807, 2.05) is 32.6 Å². The van der Waals surface area contributed by atoms with Gasteiger partial charge in [0.15, 0.2) is 5.79 Å². The number of carbonyl (C=O) groups excluding carboxylic acids is 1. The second-order valence-electron chi connectivity index (χ2n) is 6.45. The SMILES string of the molecule is CC1(C)CC2(CC(C)(C)N1C(=O)CCl)OCCO2. The average Bonchev–Trinajstić information content (AvgIpc) is 2.61. The average molecular weight is 276 g/mol. The molecule has 1 spiro atoms. The lowest BCUT2D eigenvalue weighted by atomic mass is 9.76. The van der Waals surface area contributed by atoms with E-state index in [0.29, 0.717) is 26.1 Å². The summed E-state index contributed by atoms with van der Waals surface area (Å²) in [5.74, 6) is -0.544. The van der Waals surface area contributed by atoms with Gasteiger partial charge in [0, 0.05) is 23.9 Å². The molecule has 0 unspecified atom stereocenters. The van der Waals surface area contributed by atoms with Crippen LogP contribution in [0.4, 0.5) is 0 Å². The van der Waals surface area contributed by atoms with Crippen molar-refractivity contribution in [2.75, 3.05) is 19.1 Å². The van der Waals surface area contributed by atoms with E-state index in [2.05, 4.69) is 0 Å². The van der Waals surface area contributed by atoms with Crippen molar-refractivity contribution < 1.29 is 14.3 Å². The number of nitrogens with zero attached hydrogens (tertiary/aromatic N) is 1. The van der Waals surface area contributed by atoms with E-state index in [1.54, 1.807) is 0 Å². The molecule has 2 fully saturated rings. The van der Waals surface area contributed by atoms with Gasteiger partial charge < -0.3 is 14.4 Å². The van der Waals surface area contributed by atoms with E-state index in [4.69, 9.17) is 21.1 Å². The van der Waals surface area contributed by atoms with Crippen LogP contribution >= 0.6 is 11.6 Å². The monoisotopic (exact) mass is 275 g/mol. The number of hydrogen-bond donors (Lipinski definition) is 0. The van der Waals surface area contributed by atoms with Crippen LogP contribution < -0.4 is 0 Å². The van der Waals surface area contributed by atoms with Gasteiger partial charge in [-0.15, -0.1) is 11.6 Å². The van der Waals surface area contributed by atoms with Crippen molar-refractivity contribution in [2.45, 2.75) is 57.4 Å². The minimum absolute atomic E-state index is 0.0155. The summed E-state index contributed by atoms with van der Waals surface area (Å²) in [6.45, 7) is 9.46. The molecule has 5 heteroatoms. The lowest BCUT2D eigenvalue weighted by Gasteiger charge is -2.57. The van der Waals surface area contributed by atoms with Gasteiger partial charge in [-0.2, -0.15) is 0 Å². The van der Waals surface area contributed by atoms with Crippen molar-refractivity contribution in [2.24, 2.45) is 0 Å². The fourth-order valence-electron chi connectivity index (χ4n) is 3.79. The molecule has 2 rings (SSSR count). The number of halogens is 1. The predicted molar refractivity (Wildman–Crippen MR) is 69.6 cm³/mol. The highest BCUT2D eigenvalue weighted by Gasteiger charge is 2.56. The Kier molecular flexibility index (Phi) is 3.41. The molecule has 0 aromatic rings. The maximum Gasteiger partial charge on any atom is 0.238 e. The van der Waals surface area contributed by atoms with Crippen molar-refractivity contribution in [1.29, 1.82) is 0 Å². The lowest BCUT2D eigenvalue weighted by Crippen LogP contribution is -2.67. The molecule has 18 heavy (non-hydrogen) atoms. The highest BCUT2D eigenvalue weighted by Crippen LogP contribution is 2.47. The number of amides is 1. The van der Waals surface area contributed by atoms with E-state index < -0.39 is 5.79 Å². The second kappa shape index (κ2) is 4.36. The van der Waals surface area contributed by atoms with Crippen LogP contribution in [0, 0.1) is 0 Å². The highest BCUT2D eigenvalue weighted by atomic mass is 35.5. The molecule has 2 heterocycles. The molecule has 0 saturated carbocycles. The van der Waals surface area contributed by atoms with Crippen molar-refractivity contribution in [3.8, 4) is 0 Å². The van der Waals surface area contributed by atoms with Crippen LogP contribution in [0.5, 0.6) is 0 Å². The number of hydrogen-bond acceptors (Lipinski definition) is 3. The number of rotatable bonds is 1. The molecular formula is C13H22ClNO3. The van der Waals surface area contributed by atoms with Crippen molar-refractivity contribution in [3.63, 3.8) is 0 Å². The molecule has 4 nitrogen and oxygen atoms in total. The second-order valence-corrected chi connectivity index (χ2v) is 6.72. The van der Waals surface area contributed by atoms with Crippen LogP contribution in [0.2, 0.25) is 0 Å². The van der Waals surface area contributed by atoms with Crippen LogP contribution in [-0.2, 0) is 14.3 Å². The molecule has 0 bridgehead atoms. The Morgan fingerprint density at radius 1 is 1.11 bits per heavy atom. The number of piperidine rings is 1. The van der Waals surface area contributed by atoms with Gasteiger partial charge in [-0.1, -0.05) is 0 Å². The summed E-state index contributed by atoms with van der Waals surface area (Å²) in [4.78, 5) is 14.0. The Bertz CT molecular complexity index is 328. The normalized spacial score (nSPS) is 28.6. The van der Waals surface area contributed by atoms with E-state index in [-0.39, 0.29) is 22.9 Å². The third-order valence-corrected chi connectivity index (χ3v) is 4.02. The molecule has 2 saturated heterocycles. The largest absolute Gasteiger partial charge is 0.347 e. The topological polar surface area (TPSA) is 38.8 Å². The van der Waals surface area contributed by atoms with Crippen molar-refractivity contribution >= 4 is 17.5 Å². The van der Waals surface area contributed by atoms with Gasteiger partial charge in [-0.25, -0.2) is 0 Å². The molecular weight excluding hydrogens is 254 g/mol. The van der Waals surface area contributed by atoms with E-state index in [0.717, 1.165) is 0 Å². The fraction of sp³-hybridized carbons (Fsp3) is 0.923. The first-order valence-corrected chi connectivity index (χ1v) is 6.93. The van der Waals surface area contributed by atoms with E-state index in [1.165, 1.54) is 0 Å². The van der Waals surface area contributed by atoms with Gasteiger partial charge in [0.05, 0.1) is 13.2 Å². The minimum Gasteiger partial charge on any atom is -0.347 e. The summed E-state index contributed by atoms with van der Waals surface area (Å²) < 4.78 is 11.6. The Balaban J connectivity index is 2.32. The van der Waals surface area contributed by atoms with E-state index >= 15 is 0 Å². The fourth-order valence-corrected chi connectivity index (χ4v) is 3.91. The molecule has 0 radical (unpaired) electrons. The summed E-state index contributed by atoms with van der Waals surface area (Å²) >= 11 is 5.74. The molecule has 2 aliphatic rings. The van der Waals surface area contributed by atoms with Crippen molar-refractivity contribution in [3.05, 3.63) is 0 Å². The minimum atomic E-state index is -0.532. The first kappa shape index (κ1) is 14.1. The summed E-state index contributed by atoms with van der Waals surface area (Å²) in [6, 6.07) is 0. The third kappa shape index (κ3) is 2.26. The van der Waals surface area contributed by atoms with Gasteiger partial charge in [-0.3, -0.25) is 4.79 Å². The van der Waals surface area contributed by atoms with Crippen LogP contribution in [0.1, 0.15) is 40.5 Å². The van der Waals surface area contributed by atoms with Gasteiger partial charge >= 0.3 is 0 Å². The first-order chi connectivity index (χ1) is 8.22. The molecule has 0 N–H and O–H groups in total. The van der Waals surface area contributed by atoms with Gasteiger partial charge in [0.1, 0.15) is 5.88 Å². The Labute approximate surface area is 114 Å². The van der Waals surface area contributed by atoms with Crippen molar-refractivity contribution in [1.82, 2.24) is 4.90 Å². The summed E-state index contributed by atoms with van der Waals surface area (Å²) in [5.41, 5.74) is -0.643.